The van der Waals surface area contributed by atoms with Gasteiger partial charge in [-0.2, -0.15) is 10.4 Å². The lowest BCUT2D eigenvalue weighted by Gasteiger charge is -2.00. The predicted octanol–water partition coefficient (Wildman–Crippen LogP) is 1.92. The molecule has 0 saturated carbocycles. The molecule has 100 valence electrons. The molecule has 0 aliphatic heterocycles. The van der Waals surface area contributed by atoms with Crippen molar-refractivity contribution >= 4 is 12.0 Å². The van der Waals surface area contributed by atoms with Crippen LogP contribution in [0.1, 0.15) is 22.4 Å². The highest BCUT2D eigenvalue weighted by molar-refractivity contribution is 5.91. The van der Waals surface area contributed by atoms with E-state index in [9.17, 15) is 4.79 Å². The number of carbonyl (C=O) groups is 1. The van der Waals surface area contributed by atoms with E-state index in [1.807, 2.05) is 13.0 Å². The van der Waals surface area contributed by atoms with Crippen LogP contribution in [0.15, 0.2) is 36.5 Å². The summed E-state index contributed by atoms with van der Waals surface area (Å²) in [6, 6.07) is 9.13. The van der Waals surface area contributed by atoms with Crippen LogP contribution in [0.25, 0.3) is 6.08 Å². The highest BCUT2D eigenvalue weighted by atomic mass is 16.1. The van der Waals surface area contributed by atoms with E-state index in [0.717, 1.165) is 16.8 Å². The number of amides is 1. The first kappa shape index (κ1) is 13.6. The first-order chi connectivity index (χ1) is 9.69. The van der Waals surface area contributed by atoms with Gasteiger partial charge >= 0.3 is 0 Å². The van der Waals surface area contributed by atoms with Gasteiger partial charge in [-0.25, -0.2) is 0 Å². The summed E-state index contributed by atoms with van der Waals surface area (Å²) in [6.45, 7) is 2.33. The molecule has 1 aromatic heterocycles. The molecule has 0 unspecified atom stereocenters. The van der Waals surface area contributed by atoms with Gasteiger partial charge in [0, 0.05) is 23.9 Å². The molecule has 1 aromatic carbocycles. The Kier molecular flexibility index (Phi) is 4.30. The molecule has 5 nitrogen and oxygen atoms in total. The van der Waals surface area contributed by atoms with Gasteiger partial charge in [0.2, 0.25) is 5.91 Å². The normalized spacial score (nSPS) is 10.4. The second kappa shape index (κ2) is 6.34. The number of nitriles is 1. The Bertz CT molecular complexity index is 679. The molecule has 0 saturated heterocycles. The van der Waals surface area contributed by atoms with Crippen molar-refractivity contribution in [1.82, 2.24) is 15.5 Å². The lowest BCUT2D eigenvalue weighted by molar-refractivity contribution is -0.116. The molecular weight excluding hydrogens is 252 g/mol. The number of hydrogen-bond donors (Lipinski definition) is 2. The van der Waals surface area contributed by atoms with Crippen molar-refractivity contribution in [2.24, 2.45) is 0 Å². The van der Waals surface area contributed by atoms with E-state index < -0.39 is 0 Å². The predicted molar refractivity (Wildman–Crippen MR) is 75.4 cm³/mol. The number of hydrogen-bond acceptors (Lipinski definition) is 3. The van der Waals surface area contributed by atoms with Crippen molar-refractivity contribution in [1.29, 1.82) is 5.26 Å². The summed E-state index contributed by atoms with van der Waals surface area (Å²) in [5.74, 6) is -0.187. The molecule has 20 heavy (non-hydrogen) atoms. The van der Waals surface area contributed by atoms with Crippen LogP contribution >= 0.6 is 0 Å². The third-order valence-corrected chi connectivity index (χ3v) is 2.83. The summed E-state index contributed by atoms with van der Waals surface area (Å²) in [5, 5.41) is 18.3. The van der Waals surface area contributed by atoms with Crippen LogP contribution in [-0.2, 0) is 11.3 Å². The average molecular weight is 266 g/mol. The Hall–Kier alpha value is -2.87. The van der Waals surface area contributed by atoms with Gasteiger partial charge in [0.05, 0.1) is 17.8 Å². The maximum absolute atomic E-state index is 11.7. The molecule has 0 aliphatic carbocycles. The maximum Gasteiger partial charge on any atom is 0.244 e. The Labute approximate surface area is 116 Å². The zero-order valence-electron chi connectivity index (χ0n) is 11.1. The Morgan fingerprint density at radius 2 is 2.40 bits per heavy atom. The second-order valence-corrected chi connectivity index (χ2v) is 4.31. The molecule has 2 aromatic rings. The van der Waals surface area contributed by atoms with Crippen LogP contribution in [0.5, 0.6) is 0 Å². The van der Waals surface area contributed by atoms with E-state index in [1.165, 1.54) is 6.08 Å². The molecule has 5 heteroatoms. The number of nitrogens with one attached hydrogen (secondary N) is 2. The summed E-state index contributed by atoms with van der Waals surface area (Å²) >= 11 is 0. The molecule has 1 heterocycles. The van der Waals surface area contributed by atoms with Crippen molar-refractivity contribution in [3.05, 3.63) is 58.9 Å². The number of nitrogens with zero attached hydrogens (tertiary/aromatic N) is 2. The molecular formula is C15H14N4O. The summed E-state index contributed by atoms with van der Waals surface area (Å²) in [4.78, 5) is 11.7. The number of rotatable bonds is 4. The highest BCUT2D eigenvalue weighted by Gasteiger charge is 2.01. The SMILES string of the molecule is Cc1[nH]ncc1CNC(=O)/C=C/c1cccc(C#N)c1. The minimum atomic E-state index is -0.187. The smallest absolute Gasteiger partial charge is 0.244 e. The van der Waals surface area contributed by atoms with Gasteiger partial charge in [-0.15, -0.1) is 0 Å². The van der Waals surface area contributed by atoms with Gasteiger partial charge in [-0.1, -0.05) is 12.1 Å². The van der Waals surface area contributed by atoms with Crippen molar-refractivity contribution < 1.29 is 4.79 Å². The van der Waals surface area contributed by atoms with E-state index in [-0.39, 0.29) is 5.91 Å². The summed E-state index contributed by atoms with van der Waals surface area (Å²) in [5.41, 5.74) is 3.29. The van der Waals surface area contributed by atoms with E-state index in [0.29, 0.717) is 12.1 Å². The van der Waals surface area contributed by atoms with Crippen molar-refractivity contribution in [2.45, 2.75) is 13.5 Å². The Morgan fingerprint density at radius 1 is 1.55 bits per heavy atom. The first-order valence-electron chi connectivity index (χ1n) is 6.14. The van der Waals surface area contributed by atoms with Gasteiger partial charge in [0.1, 0.15) is 0 Å². The highest BCUT2D eigenvalue weighted by Crippen LogP contribution is 2.06. The molecule has 0 atom stereocenters. The third-order valence-electron chi connectivity index (χ3n) is 2.83. The largest absolute Gasteiger partial charge is 0.348 e. The fourth-order valence-electron chi connectivity index (χ4n) is 1.68. The third kappa shape index (κ3) is 3.56. The monoisotopic (exact) mass is 266 g/mol. The molecule has 0 spiro atoms. The number of H-pyrrole nitrogens is 1. The summed E-state index contributed by atoms with van der Waals surface area (Å²) in [7, 11) is 0. The van der Waals surface area contributed by atoms with Gasteiger partial charge < -0.3 is 5.32 Å². The quantitative estimate of drug-likeness (QED) is 0.829. The Balaban J connectivity index is 1.92. The molecule has 0 aliphatic rings. The van der Waals surface area contributed by atoms with Crippen molar-refractivity contribution in [3.8, 4) is 6.07 Å². The minimum absolute atomic E-state index is 0.187. The van der Waals surface area contributed by atoms with Crippen molar-refractivity contribution in [3.63, 3.8) is 0 Å². The lowest BCUT2D eigenvalue weighted by atomic mass is 10.1. The lowest BCUT2D eigenvalue weighted by Crippen LogP contribution is -2.20. The van der Waals surface area contributed by atoms with Crippen LogP contribution in [0, 0.1) is 18.3 Å². The number of aryl methyl sites for hydroxylation is 1. The van der Waals surface area contributed by atoms with Gasteiger partial charge in [0.25, 0.3) is 0 Å². The molecule has 0 fully saturated rings. The molecule has 1 amide bonds. The number of aromatic amines is 1. The number of carbonyl (C=O) groups excluding carboxylic acids is 1. The average Bonchev–Trinajstić information content (AvgIpc) is 2.88. The van der Waals surface area contributed by atoms with Crippen LogP contribution < -0.4 is 5.32 Å². The first-order valence-corrected chi connectivity index (χ1v) is 6.14. The van der Waals surface area contributed by atoms with Crippen LogP contribution in [0.2, 0.25) is 0 Å². The van der Waals surface area contributed by atoms with Crippen molar-refractivity contribution in [2.75, 3.05) is 0 Å². The zero-order chi connectivity index (χ0) is 14.4. The fraction of sp³-hybridized carbons (Fsp3) is 0.133. The van der Waals surface area contributed by atoms with Crippen LogP contribution in [0.3, 0.4) is 0 Å². The van der Waals surface area contributed by atoms with Gasteiger partial charge in [-0.05, 0) is 30.7 Å². The molecule has 2 N–H and O–H groups in total. The molecule has 0 radical (unpaired) electrons. The standard InChI is InChI=1S/C15H14N4O/c1-11-14(10-18-19-11)9-17-15(20)6-5-12-3-2-4-13(7-12)8-16/h2-7,10H,9H2,1H3,(H,17,20)(H,18,19)/b6-5+. The maximum atomic E-state index is 11.7. The van der Waals surface area contributed by atoms with E-state index in [1.54, 1.807) is 30.5 Å². The second-order valence-electron chi connectivity index (χ2n) is 4.31. The van der Waals surface area contributed by atoms with E-state index in [4.69, 9.17) is 5.26 Å². The molecule has 0 bridgehead atoms. The van der Waals surface area contributed by atoms with Gasteiger partial charge in [-0.3, -0.25) is 9.89 Å². The van der Waals surface area contributed by atoms with Gasteiger partial charge in [0.15, 0.2) is 0 Å². The molecule has 2 rings (SSSR count). The Morgan fingerprint density at radius 3 is 3.10 bits per heavy atom. The van der Waals surface area contributed by atoms with Crippen LogP contribution in [0.4, 0.5) is 0 Å². The van der Waals surface area contributed by atoms with Crippen LogP contribution in [-0.4, -0.2) is 16.1 Å². The minimum Gasteiger partial charge on any atom is -0.348 e. The zero-order valence-corrected chi connectivity index (χ0v) is 11.1. The topological polar surface area (TPSA) is 81.6 Å². The van der Waals surface area contributed by atoms with E-state index >= 15 is 0 Å². The summed E-state index contributed by atoms with van der Waals surface area (Å²) in [6.07, 6.45) is 4.82. The number of aromatic nitrogens is 2. The fourth-order valence-corrected chi connectivity index (χ4v) is 1.68. The number of benzene rings is 1. The van der Waals surface area contributed by atoms with E-state index in [2.05, 4.69) is 21.6 Å². The summed E-state index contributed by atoms with van der Waals surface area (Å²) < 4.78 is 0.